The second-order valence-corrected chi connectivity index (χ2v) is 21.6. The third-order valence-electron chi connectivity index (χ3n) is 13.5. The van der Waals surface area contributed by atoms with Crippen LogP contribution in [0.4, 0.5) is 33.7 Å². The number of nitrogens with one attached hydrogen (secondary N) is 2. The molecule has 0 amide bonds. The van der Waals surface area contributed by atoms with Gasteiger partial charge in [0.2, 0.25) is 5.78 Å². The number of thiocarbonyl (C=S) groups is 1. The van der Waals surface area contributed by atoms with Gasteiger partial charge in [-0.2, -0.15) is 14.9 Å². The van der Waals surface area contributed by atoms with Crippen LogP contribution < -0.4 is 31.9 Å². The van der Waals surface area contributed by atoms with E-state index in [1.807, 2.05) is 19.1 Å². The Kier molecular flexibility index (Phi) is 23.1. The third kappa shape index (κ3) is 17.4. The van der Waals surface area contributed by atoms with Crippen LogP contribution in [-0.2, 0) is 0 Å². The number of rotatable bonds is 12. The molecule has 4 fully saturated rings. The number of phenols is 2. The van der Waals surface area contributed by atoms with Crippen LogP contribution >= 0.6 is 61.1 Å². The number of thiazole rings is 1. The van der Waals surface area contributed by atoms with Gasteiger partial charge in [-0.05, 0) is 193 Å². The molecule has 4 saturated heterocycles. The molecule has 5 aromatic rings. The molecule has 0 saturated carbocycles. The number of hydrogen-bond acceptors (Lipinski definition) is 14. The summed E-state index contributed by atoms with van der Waals surface area (Å²) in [7, 11) is 0. The lowest BCUT2D eigenvalue weighted by molar-refractivity contribution is 0.102. The highest BCUT2D eigenvalue weighted by Crippen LogP contribution is 2.32. The molecular formula is C54H72BrN10O4PS3. The number of carbonyl (C=O) groups is 2. The number of ketones is 2. The van der Waals surface area contributed by atoms with Crippen molar-refractivity contribution < 1.29 is 19.8 Å². The summed E-state index contributed by atoms with van der Waals surface area (Å²) in [5.74, 6) is 1.21. The largest absolute Gasteiger partial charge is 0.508 e. The Labute approximate surface area is 456 Å². The van der Waals surface area contributed by atoms with Crippen LogP contribution in [0.3, 0.4) is 0 Å². The first-order chi connectivity index (χ1) is 35.0. The maximum Gasteiger partial charge on any atom is 0.206 e. The van der Waals surface area contributed by atoms with Gasteiger partial charge in [-0.3, -0.25) is 9.59 Å². The quantitative estimate of drug-likeness (QED) is 0.0173. The van der Waals surface area contributed by atoms with E-state index in [1.165, 1.54) is 149 Å². The van der Waals surface area contributed by atoms with Crippen molar-refractivity contribution in [3.05, 3.63) is 113 Å². The van der Waals surface area contributed by atoms with Crippen LogP contribution in [0.2, 0.25) is 0 Å². The number of nitrogens with zero attached hydrogens (tertiary/aromatic N) is 6. The van der Waals surface area contributed by atoms with Crippen LogP contribution in [0.15, 0.2) is 102 Å². The van der Waals surface area contributed by atoms with Gasteiger partial charge in [-0.25, -0.2) is 4.98 Å². The molecule has 1 atom stereocenters. The molecule has 8 N–H and O–H groups in total. The van der Waals surface area contributed by atoms with Gasteiger partial charge in [-0.15, -0.1) is 0 Å². The number of halogens is 1. The number of hydrogen-bond donors (Lipinski definition) is 6. The smallest absolute Gasteiger partial charge is 0.206 e. The first kappa shape index (κ1) is 57.5. The Hall–Kier alpha value is -4.81. The van der Waals surface area contributed by atoms with E-state index in [1.54, 1.807) is 24.3 Å². The van der Waals surface area contributed by atoms with Gasteiger partial charge >= 0.3 is 0 Å². The van der Waals surface area contributed by atoms with Gasteiger partial charge in [0, 0.05) is 72.1 Å². The molecule has 14 nitrogen and oxygen atoms in total. The summed E-state index contributed by atoms with van der Waals surface area (Å²) in [5.41, 5.74) is 17.3. The molecule has 4 aromatic carbocycles. The minimum atomic E-state index is -0.202. The molecule has 9 rings (SSSR count). The predicted molar refractivity (Wildman–Crippen MR) is 319 cm³/mol. The number of likely N-dealkylation sites (tertiary alicyclic amines) is 2. The van der Waals surface area contributed by atoms with Crippen LogP contribution in [0.1, 0.15) is 96.7 Å². The molecule has 1 aromatic heterocycles. The Balaban J connectivity index is 0.000000199. The van der Waals surface area contributed by atoms with Gasteiger partial charge in [0.1, 0.15) is 22.2 Å². The van der Waals surface area contributed by atoms with Crippen molar-refractivity contribution in [2.45, 2.75) is 83.2 Å². The Morgan fingerprint density at radius 2 is 1.16 bits per heavy atom. The number of Topliss-reactive ketones (excluding diaryl/α,β-unsaturated/α-hetero) is 1. The molecule has 1 unspecified atom stereocenters. The van der Waals surface area contributed by atoms with Crippen molar-refractivity contribution in [2.24, 2.45) is 10.7 Å². The summed E-state index contributed by atoms with van der Waals surface area (Å²) in [6, 6.07) is 30.7. The van der Waals surface area contributed by atoms with E-state index in [9.17, 15) is 14.7 Å². The Morgan fingerprint density at radius 1 is 0.712 bits per heavy atom. The molecular weight excluding hydrogens is 1060 g/mol. The highest BCUT2D eigenvalue weighted by Gasteiger charge is 2.27. The lowest BCUT2D eigenvalue weighted by Crippen LogP contribution is -2.46. The van der Waals surface area contributed by atoms with E-state index < -0.39 is 0 Å². The molecule has 392 valence electrons. The Morgan fingerprint density at radius 3 is 1.62 bits per heavy atom. The summed E-state index contributed by atoms with van der Waals surface area (Å²) in [5, 5.41) is 26.5. The van der Waals surface area contributed by atoms with Crippen molar-refractivity contribution in [1.29, 1.82) is 0 Å². The predicted octanol–water partition coefficient (Wildman–Crippen LogP) is 10.8. The number of benzene rings is 4. The van der Waals surface area contributed by atoms with Crippen LogP contribution in [0, 0.1) is 0 Å². The van der Waals surface area contributed by atoms with E-state index in [0.717, 1.165) is 55.4 Å². The molecule has 5 heterocycles. The second-order valence-electron chi connectivity index (χ2n) is 18.4. The van der Waals surface area contributed by atoms with Gasteiger partial charge in [0.25, 0.3) is 0 Å². The number of phenolic OH excluding ortho intramolecular Hbond substituents is 2. The van der Waals surface area contributed by atoms with E-state index in [0.29, 0.717) is 36.7 Å². The van der Waals surface area contributed by atoms with Crippen molar-refractivity contribution in [2.75, 3.05) is 89.6 Å². The molecule has 0 bridgehead atoms. The SMILES string of the molecule is CCSC(N)=NC(=S)Nc1ccc(N2CCC(N3CCCCC3)CC2)cc1.Nc1nc(Nc2ccc(N3CCC(N4CCCCC4)CC3)cc2)sc1C(=O)c1ccc(O)cc1.O=C(CBr)c1ccc(O)cc1.P. The highest BCUT2D eigenvalue weighted by atomic mass is 79.9. The summed E-state index contributed by atoms with van der Waals surface area (Å²) in [6.07, 6.45) is 13.3. The van der Waals surface area contributed by atoms with Crippen molar-refractivity contribution in [3.63, 3.8) is 0 Å². The summed E-state index contributed by atoms with van der Waals surface area (Å²) < 4.78 is 0. The number of alkyl halides is 1. The normalized spacial score (nSPS) is 17.0. The van der Waals surface area contributed by atoms with E-state index in [2.05, 4.69) is 92.5 Å². The zero-order valence-corrected chi connectivity index (χ0v) is 47.3. The first-order valence-electron chi connectivity index (χ1n) is 25.2. The van der Waals surface area contributed by atoms with Crippen LogP contribution in [0.5, 0.6) is 11.5 Å². The van der Waals surface area contributed by atoms with Gasteiger partial charge in [0.05, 0.1) is 5.33 Å². The maximum atomic E-state index is 12.8. The summed E-state index contributed by atoms with van der Waals surface area (Å²) in [4.78, 5) is 43.1. The average molecular weight is 1130 g/mol. The van der Waals surface area contributed by atoms with E-state index >= 15 is 0 Å². The van der Waals surface area contributed by atoms with Crippen molar-refractivity contribution in [3.8, 4) is 11.5 Å². The molecule has 73 heavy (non-hydrogen) atoms. The standard InChI is InChI=1S/C26H31N5O2S.C20H31N5S2.C8H7BrO2.H3P/c27-25-24(23(33)18-4-10-22(32)11-5-18)34-26(29-25)28-19-6-8-20(9-7-19)31-16-12-21(13-17-31)30-14-2-1-3-15-30;1-2-27-19(21)23-20(26)22-16-6-8-17(9-7-16)25-14-10-18(11-15-25)24-12-4-3-5-13-24;9-5-8(11)6-1-3-7(10)4-2-6;/h4-11,21,32H,1-3,12-17,27H2,(H,28,29);6-9,18H,2-5,10-15H2,1H3,(H3,21,22,23,26);1-4,10H,5H2;1H3. The third-order valence-corrected chi connectivity index (χ3v) is 15.9. The number of nitrogens with two attached hydrogens (primary N) is 2. The maximum absolute atomic E-state index is 12.8. The lowest BCUT2D eigenvalue weighted by Gasteiger charge is -2.41. The highest BCUT2D eigenvalue weighted by molar-refractivity contribution is 9.09. The van der Waals surface area contributed by atoms with Crippen molar-refractivity contribution in [1.82, 2.24) is 14.8 Å². The average Bonchev–Trinajstić information content (AvgIpc) is 3.79. The number of thioether (sulfide) groups is 1. The summed E-state index contributed by atoms with van der Waals surface area (Å²) in [6.45, 7) is 11.7. The number of piperidine rings is 4. The zero-order chi connectivity index (χ0) is 50.8. The minimum absolute atomic E-state index is 0. The number of anilines is 6. The zero-order valence-electron chi connectivity index (χ0n) is 41.9. The van der Waals surface area contributed by atoms with Crippen molar-refractivity contribution >= 4 is 117 Å². The van der Waals surface area contributed by atoms with Gasteiger partial charge < -0.3 is 51.9 Å². The van der Waals surface area contributed by atoms with E-state index in [-0.39, 0.29) is 38.8 Å². The van der Waals surface area contributed by atoms with Crippen LogP contribution in [0.25, 0.3) is 0 Å². The number of aliphatic imine (C=N–C) groups is 1. The fourth-order valence-electron chi connectivity index (χ4n) is 9.63. The molecule has 0 aliphatic carbocycles. The number of aromatic nitrogens is 1. The van der Waals surface area contributed by atoms with Gasteiger partial charge in [0.15, 0.2) is 21.2 Å². The number of amidine groups is 1. The fraction of sp³-hybridized carbons (Fsp3) is 0.426. The molecule has 4 aliphatic heterocycles. The number of aromatic hydroxyl groups is 2. The lowest BCUT2D eigenvalue weighted by atomic mass is 9.99. The molecule has 0 spiro atoms. The topological polar surface area (TPSA) is 189 Å². The monoisotopic (exact) mass is 1130 g/mol. The molecule has 4 aliphatic rings. The minimum Gasteiger partial charge on any atom is -0.508 e. The first-order valence-corrected chi connectivity index (χ1v) is 28.5. The van der Waals surface area contributed by atoms with E-state index in [4.69, 9.17) is 28.8 Å². The molecule has 0 radical (unpaired) electrons. The Bertz CT molecular complexity index is 2530. The number of carbonyl (C=O) groups excluding carboxylic acids is 2. The second kappa shape index (κ2) is 29.3. The number of nitrogen functional groups attached to an aromatic ring is 1. The van der Waals surface area contributed by atoms with Crippen LogP contribution in [-0.4, -0.2) is 122 Å². The molecule has 19 heteroatoms. The fourth-order valence-corrected chi connectivity index (χ4v) is 11.5. The summed E-state index contributed by atoms with van der Waals surface area (Å²) >= 11 is 11.0. The van der Waals surface area contributed by atoms with Gasteiger partial charge in [-0.1, -0.05) is 58.8 Å².